The third kappa shape index (κ3) is 3.11. The van der Waals surface area contributed by atoms with Gasteiger partial charge in [-0.1, -0.05) is 6.07 Å². The molecule has 0 atom stereocenters. The van der Waals surface area contributed by atoms with E-state index in [2.05, 4.69) is 21.2 Å². The van der Waals surface area contributed by atoms with Crippen LogP contribution in [-0.2, 0) is 0 Å². The highest BCUT2D eigenvalue weighted by Gasteiger charge is 2.09. The Balaban J connectivity index is 2.21. The van der Waals surface area contributed by atoms with Gasteiger partial charge < -0.3 is 15.8 Å². The molecular formula is C15H15BrN2O2. The highest BCUT2D eigenvalue weighted by Crippen LogP contribution is 2.24. The predicted octanol–water partition coefficient (Wildman–Crippen LogP) is 3.60. The molecule has 0 aliphatic carbocycles. The Labute approximate surface area is 126 Å². The molecule has 4 nitrogen and oxygen atoms in total. The number of methoxy groups -OCH3 is 1. The van der Waals surface area contributed by atoms with Crippen molar-refractivity contribution in [3.05, 3.63) is 52.0 Å². The standard InChI is InChI=1S/C15H15BrN2O2/c1-9-3-4-10(7-14(9)20-2)15(19)18-11-5-6-13(17)12(16)8-11/h3-8H,17H2,1-2H3,(H,18,19). The quantitative estimate of drug-likeness (QED) is 0.843. The van der Waals surface area contributed by atoms with Crippen LogP contribution in [0.2, 0.25) is 0 Å². The summed E-state index contributed by atoms with van der Waals surface area (Å²) in [6, 6.07) is 10.6. The number of benzene rings is 2. The van der Waals surface area contributed by atoms with Gasteiger partial charge >= 0.3 is 0 Å². The molecule has 0 aliphatic rings. The van der Waals surface area contributed by atoms with Crippen molar-refractivity contribution in [2.45, 2.75) is 6.92 Å². The van der Waals surface area contributed by atoms with Gasteiger partial charge in [0.25, 0.3) is 5.91 Å². The molecule has 20 heavy (non-hydrogen) atoms. The minimum absolute atomic E-state index is 0.194. The summed E-state index contributed by atoms with van der Waals surface area (Å²) >= 11 is 3.33. The highest BCUT2D eigenvalue weighted by atomic mass is 79.9. The van der Waals surface area contributed by atoms with E-state index in [1.807, 2.05) is 13.0 Å². The maximum atomic E-state index is 12.2. The van der Waals surface area contributed by atoms with Crippen LogP contribution in [0.15, 0.2) is 40.9 Å². The second-order valence-electron chi connectivity index (χ2n) is 4.37. The minimum Gasteiger partial charge on any atom is -0.496 e. The van der Waals surface area contributed by atoms with E-state index in [4.69, 9.17) is 10.5 Å². The van der Waals surface area contributed by atoms with Gasteiger partial charge in [0.1, 0.15) is 5.75 Å². The molecule has 1 amide bonds. The van der Waals surface area contributed by atoms with Crippen LogP contribution in [-0.4, -0.2) is 13.0 Å². The number of rotatable bonds is 3. The average Bonchev–Trinajstić information content (AvgIpc) is 2.43. The molecule has 0 bridgehead atoms. The Morgan fingerprint density at radius 1 is 1.25 bits per heavy atom. The van der Waals surface area contributed by atoms with Crippen LogP contribution < -0.4 is 15.8 Å². The van der Waals surface area contributed by atoms with E-state index in [0.717, 1.165) is 10.0 Å². The van der Waals surface area contributed by atoms with Crippen LogP contribution in [0.1, 0.15) is 15.9 Å². The molecule has 3 N–H and O–H groups in total. The Morgan fingerprint density at radius 3 is 2.65 bits per heavy atom. The zero-order valence-corrected chi connectivity index (χ0v) is 12.8. The summed E-state index contributed by atoms with van der Waals surface area (Å²) in [5, 5.41) is 2.82. The molecule has 5 heteroatoms. The zero-order chi connectivity index (χ0) is 14.7. The summed E-state index contributed by atoms with van der Waals surface area (Å²) in [6.45, 7) is 1.93. The van der Waals surface area contributed by atoms with Crippen molar-refractivity contribution in [3.63, 3.8) is 0 Å². The molecule has 2 rings (SSSR count). The van der Waals surface area contributed by atoms with Crippen LogP contribution in [0.3, 0.4) is 0 Å². The summed E-state index contributed by atoms with van der Waals surface area (Å²) in [5.74, 6) is 0.496. The smallest absolute Gasteiger partial charge is 0.255 e. The van der Waals surface area contributed by atoms with E-state index >= 15 is 0 Å². The van der Waals surface area contributed by atoms with E-state index in [9.17, 15) is 4.79 Å². The van der Waals surface area contributed by atoms with Gasteiger partial charge in [0.2, 0.25) is 0 Å². The monoisotopic (exact) mass is 334 g/mol. The lowest BCUT2D eigenvalue weighted by Crippen LogP contribution is -2.12. The first kappa shape index (κ1) is 14.4. The molecule has 0 spiro atoms. The zero-order valence-electron chi connectivity index (χ0n) is 11.2. The molecule has 0 fully saturated rings. The lowest BCUT2D eigenvalue weighted by atomic mass is 10.1. The van der Waals surface area contributed by atoms with Crippen LogP contribution in [0.5, 0.6) is 5.75 Å². The van der Waals surface area contributed by atoms with Crippen LogP contribution in [0.4, 0.5) is 11.4 Å². The van der Waals surface area contributed by atoms with Gasteiger partial charge in [0, 0.05) is 21.4 Å². The van der Waals surface area contributed by atoms with Gasteiger partial charge in [0.15, 0.2) is 0 Å². The second kappa shape index (κ2) is 5.96. The Bertz CT molecular complexity index is 656. The third-order valence-corrected chi connectivity index (χ3v) is 3.62. The van der Waals surface area contributed by atoms with Crippen molar-refractivity contribution in [2.75, 3.05) is 18.2 Å². The number of halogens is 1. The first-order chi connectivity index (χ1) is 9.51. The van der Waals surface area contributed by atoms with Gasteiger partial charge in [-0.25, -0.2) is 0 Å². The number of carbonyl (C=O) groups is 1. The Morgan fingerprint density at radius 2 is 2.00 bits per heavy atom. The SMILES string of the molecule is COc1cc(C(=O)Nc2ccc(N)c(Br)c2)ccc1C. The largest absolute Gasteiger partial charge is 0.496 e. The normalized spacial score (nSPS) is 10.2. The van der Waals surface area contributed by atoms with Gasteiger partial charge in [-0.05, 0) is 58.7 Å². The molecule has 0 aromatic heterocycles. The third-order valence-electron chi connectivity index (χ3n) is 2.93. The number of nitrogen functional groups attached to an aromatic ring is 1. The summed E-state index contributed by atoms with van der Waals surface area (Å²) in [6.07, 6.45) is 0. The first-order valence-corrected chi connectivity index (χ1v) is 6.81. The molecule has 0 unspecified atom stereocenters. The number of nitrogens with one attached hydrogen (secondary N) is 1. The number of hydrogen-bond donors (Lipinski definition) is 2. The van der Waals surface area contributed by atoms with Gasteiger partial charge in [-0.15, -0.1) is 0 Å². The number of ether oxygens (including phenoxy) is 1. The van der Waals surface area contributed by atoms with Gasteiger partial charge in [-0.3, -0.25) is 4.79 Å². The molecule has 0 saturated heterocycles. The van der Waals surface area contributed by atoms with Crippen LogP contribution >= 0.6 is 15.9 Å². The second-order valence-corrected chi connectivity index (χ2v) is 5.23. The number of aryl methyl sites for hydroxylation is 1. The fourth-order valence-electron chi connectivity index (χ4n) is 1.77. The van der Waals surface area contributed by atoms with Crippen molar-refractivity contribution >= 4 is 33.2 Å². The molecule has 0 aliphatic heterocycles. The highest BCUT2D eigenvalue weighted by molar-refractivity contribution is 9.10. The summed E-state index contributed by atoms with van der Waals surface area (Å²) in [4.78, 5) is 12.2. The summed E-state index contributed by atoms with van der Waals surface area (Å²) in [5.41, 5.74) is 8.54. The number of hydrogen-bond acceptors (Lipinski definition) is 3. The maximum Gasteiger partial charge on any atom is 0.255 e. The molecule has 2 aromatic rings. The van der Waals surface area contributed by atoms with Crippen LogP contribution in [0.25, 0.3) is 0 Å². The maximum absolute atomic E-state index is 12.2. The molecule has 0 heterocycles. The van der Waals surface area contributed by atoms with E-state index in [1.54, 1.807) is 37.4 Å². The Kier molecular flexibility index (Phi) is 4.29. The predicted molar refractivity (Wildman–Crippen MR) is 84.2 cm³/mol. The van der Waals surface area contributed by atoms with Crippen molar-refractivity contribution in [1.82, 2.24) is 0 Å². The first-order valence-electron chi connectivity index (χ1n) is 6.02. The number of carbonyl (C=O) groups excluding carboxylic acids is 1. The number of nitrogens with two attached hydrogens (primary N) is 1. The molecule has 0 radical (unpaired) electrons. The topological polar surface area (TPSA) is 64.3 Å². The fraction of sp³-hybridized carbons (Fsp3) is 0.133. The number of anilines is 2. The summed E-state index contributed by atoms with van der Waals surface area (Å²) in [7, 11) is 1.58. The fourth-order valence-corrected chi connectivity index (χ4v) is 2.15. The van der Waals surface area contributed by atoms with Crippen LogP contribution in [0, 0.1) is 6.92 Å². The van der Waals surface area contributed by atoms with Gasteiger partial charge in [-0.2, -0.15) is 0 Å². The van der Waals surface area contributed by atoms with Gasteiger partial charge in [0.05, 0.1) is 7.11 Å². The lowest BCUT2D eigenvalue weighted by molar-refractivity contribution is 0.102. The summed E-state index contributed by atoms with van der Waals surface area (Å²) < 4.78 is 5.96. The van der Waals surface area contributed by atoms with Crippen molar-refractivity contribution < 1.29 is 9.53 Å². The molecular weight excluding hydrogens is 320 g/mol. The van der Waals surface area contributed by atoms with Crippen molar-refractivity contribution in [1.29, 1.82) is 0 Å². The molecule has 2 aromatic carbocycles. The average molecular weight is 335 g/mol. The Hall–Kier alpha value is -2.01. The minimum atomic E-state index is -0.194. The molecule has 104 valence electrons. The van der Waals surface area contributed by atoms with E-state index in [0.29, 0.717) is 22.7 Å². The van der Waals surface area contributed by atoms with E-state index in [1.165, 1.54) is 0 Å². The molecule has 0 saturated carbocycles. The lowest BCUT2D eigenvalue weighted by Gasteiger charge is -2.09. The number of amides is 1. The van der Waals surface area contributed by atoms with E-state index < -0.39 is 0 Å². The van der Waals surface area contributed by atoms with E-state index in [-0.39, 0.29) is 5.91 Å². The van der Waals surface area contributed by atoms with Crippen molar-refractivity contribution in [3.8, 4) is 5.75 Å². The van der Waals surface area contributed by atoms with Crippen molar-refractivity contribution in [2.24, 2.45) is 0 Å².